The van der Waals surface area contributed by atoms with Crippen molar-refractivity contribution >= 4 is 27.3 Å². The van der Waals surface area contributed by atoms with Gasteiger partial charge in [-0.1, -0.05) is 12.1 Å². The predicted molar refractivity (Wildman–Crippen MR) is 116 cm³/mol. The van der Waals surface area contributed by atoms with Crippen LogP contribution in [-0.2, 0) is 10.0 Å². The number of hydrogen-bond donors (Lipinski definition) is 2. The number of carbonyl (C=O) groups is 1. The molecule has 9 heteroatoms. The molecular formula is C22H21N3O5S. The zero-order chi connectivity index (χ0) is 22.0. The Bertz CT molecular complexity index is 1260. The monoisotopic (exact) mass is 439 g/mol. The molecule has 0 spiro atoms. The van der Waals surface area contributed by atoms with Gasteiger partial charge in [0.1, 0.15) is 13.2 Å². The SMILES string of the molecule is Cc1cccc(NC(=O)c2cncc(NS(=O)(=O)c3ccc4c(c3)OCCO4)c2)c1C. The van der Waals surface area contributed by atoms with Gasteiger partial charge in [-0.05, 0) is 49.2 Å². The van der Waals surface area contributed by atoms with Gasteiger partial charge in [0.15, 0.2) is 11.5 Å². The number of fused-ring (bicyclic) bond motifs is 1. The number of benzene rings is 2. The molecule has 0 fully saturated rings. The second kappa shape index (κ2) is 8.27. The van der Waals surface area contributed by atoms with E-state index in [0.717, 1.165) is 11.1 Å². The van der Waals surface area contributed by atoms with Crippen LogP contribution in [0.15, 0.2) is 59.8 Å². The van der Waals surface area contributed by atoms with Crippen LogP contribution in [0.1, 0.15) is 21.5 Å². The molecule has 1 amide bonds. The maximum atomic E-state index is 12.8. The Morgan fingerprint density at radius 1 is 1.00 bits per heavy atom. The summed E-state index contributed by atoms with van der Waals surface area (Å²) in [5.74, 6) is 0.479. The van der Waals surface area contributed by atoms with Crippen LogP contribution >= 0.6 is 0 Å². The molecule has 0 saturated heterocycles. The van der Waals surface area contributed by atoms with E-state index in [1.54, 1.807) is 6.07 Å². The first-order valence-electron chi connectivity index (χ1n) is 9.58. The molecule has 8 nitrogen and oxygen atoms in total. The summed E-state index contributed by atoms with van der Waals surface area (Å²) < 4.78 is 38.9. The van der Waals surface area contributed by atoms with Gasteiger partial charge in [-0.2, -0.15) is 0 Å². The first-order valence-corrected chi connectivity index (χ1v) is 11.1. The number of rotatable bonds is 5. The van der Waals surface area contributed by atoms with Gasteiger partial charge < -0.3 is 14.8 Å². The average Bonchev–Trinajstić information content (AvgIpc) is 2.76. The summed E-state index contributed by atoms with van der Waals surface area (Å²) in [6, 6.07) is 11.4. The number of hydrogen-bond acceptors (Lipinski definition) is 6. The number of nitrogens with one attached hydrogen (secondary N) is 2. The van der Waals surface area contributed by atoms with Crippen molar-refractivity contribution in [3.8, 4) is 11.5 Å². The second-order valence-corrected chi connectivity index (χ2v) is 8.76. The largest absolute Gasteiger partial charge is 0.486 e. The van der Waals surface area contributed by atoms with E-state index in [-0.39, 0.29) is 22.1 Å². The minimum atomic E-state index is -3.92. The highest BCUT2D eigenvalue weighted by atomic mass is 32.2. The van der Waals surface area contributed by atoms with Crippen molar-refractivity contribution in [1.29, 1.82) is 0 Å². The summed E-state index contributed by atoms with van der Waals surface area (Å²) >= 11 is 0. The Kier molecular flexibility index (Phi) is 5.51. The molecule has 0 saturated carbocycles. The van der Waals surface area contributed by atoms with Gasteiger partial charge in [0, 0.05) is 18.0 Å². The van der Waals surface area contributed by atoms with Crippen LogP contribution in [0.2, 0.25) is 0 Å². The molecule has 2 aromatic carbocycles. The third kappa shape index (κ3) is 4.46. The lowest BCUT2D eigenvalue weighted by Gasteiger charge is -2.19. The fourth-order valence-corrected chi connectivity index (χ4v) is 4.15. The molecule has 2 N–H and O–H groups in total. The number of sulfonamides is 1. The number of anilines is 2. The fourth-order valence-electron chi connectivity index (χ4n) is 3.11. The summed E-state index contributed by atoms with van der Waals surface area (Å²) in [7, 11) is -3.92. The number of aromatic nitrogens is 1. The maximum absolute atomic E-state index is 12.8. The van der Waals surface area contributed by atoms with E-state index in [0.29, 0.717) is 30.4 Å². The normalized spacial score (nSPS) is 12.8. The Morgan fingerprint density at radius 2 is 1.77 bits per heavy atom. The van der Waals surface area contributed by atoms with Crippen molar-refractivity contribution < 1.29 is 22.7 Å². The van der Waals surface area contributed by atoms with Gasteiger partial charge in [0.25, 0.3) is 15.9 Å². The van der Waals surface area contributed by atoms with Crippen molar-refractivity contribution in [2.75, 3.05) is 23.3 Å². The number of carbonyl (C=O) groups excluding carboxylic acids is 1. The first kappa shape index (κ1) is 20.7. The van der Waals surface area contributed by atoms with Gasteiger partial charge in [0.05, 0.1) is 22.3 Å². The van der Waals surface area contributed by atoms with Gasteiger partial charge in [-0.25, -0.2) is 8.42 Å². The van der Waals surface area contributed by atoms with Crippen LogP contribution < -0.4 is 19.5 Å². The van der Waals surface area contributed by atoms with Crippen molar-refractivity contribution in [3.05, 3.63) is 71.5 Å². The quantitative estimate of drug-likeness (QED) is 0.630. The standard InChI is InChI=1S/C22H21N3O5S/c1-14-4-3-5-19(15(14)2)24-22(26)16-10-17(13-23-12-16)25-31(27,28)18-6-7-20-21(11-18)30-9-8-29-20/h3-7,10-13,25H,8-9H2,1-2H3,(H,24,26). The molecule has 0 radical (unpaired) electrons. The van der Waals surface area contributed by atoms with Gasteiger partial charge in [-0.15, -0.1) is 0 Å². The van der Waals surface area contributed by atoms with E-state index in [2.05, 4.69) is 15.0 Å². The van der Waals surface area contributed by atoms with Gasteiger partial charge in [0.2, 0.25) is 0 Å². The van der Waals surface area contributed by atoms with Gasteiger partial charge >= 0.3 is 0 Å². The Labute approximate surface area is 180 Å². The summed E-state index contributed by atoms with van der Waals surface area (Å²) in [6.45, 7) is 4.65. The van der Waals surface area contributed by atoms with Crippen molar-refractivity contribution in [2.24, 2.45) is 0 Å². The van der Waals surface area contributed by atoms with Crippen LogP contribution in [-0.4, -0.2) is 32.5 Å². The average molecular weight is 439 g/mol. The summed E-state index contributed by atoms with van der Waals surface area (Å²) in [6.07, 6.45) is 2.71. The number of aryl methyl sites for hydroxylation is 1. The summed E-state index contributed by atoms with van der Waals surface area (Å²) in [4.78, 5) is 16.7. The van der Waals surface area contributed by atoms with E-state index < -0.39 is 10.0 Å². The highest BCUT2D eigenvalue weighted by molar-refractivity contribution is 7.92. The van der Waals surface area contributed by atoms with Crippen LogP contribution in [0.25, 0.3) is 0 Å². The lowest BCUT2D eigenvalue weighted by Crippen LogP contribution is -2.18. The van der Waals surface area contributed by atoms with E-state index in [1.165, 1.54) is 30.6 Å². The molecule has 0 atom stereocenters. The van der Waals surface area contributed by atoms with E-state index in [9.17, 15) is 13.2 Å². The van der Waals surface area contributed by atoms with Crippen LogP contribution in [0.3, 0.4) is 0 Å². The molecule has 0 bridgehead atoms. The van der Waals surface area contributed by atoms with Crippen molar-refractivity contribution in [3.63, 3.8) is 0 Å². The van der Waals surface area contributed by atoms with Gasteiger partial charge in [-0.3, -0.25) is 14.5 Å². The third-order valence-electron chi connectivity index (χ3n) is 4.93. The summed E-state index contributed by atoms with van der Waals surface area (Å²) in [5, 5.41) is 2.84. The minimum Gasteiger partial charge on any atom is -0.486 e. The smallest absolute Gasteiger partial charge is 0.262 e. The fraction of sp³-hybridized carbons (Fsp3) is 0.182. The topological polar surface area (TPSA) is 107 Å². The zero-order valence-electron chi connectivity index (χ0n) is 17.0. The second-order valence-electron chi connectivity index (χ2n) is 7.07. The lowest BCUT2D eigenvalue weighted by atomic mass is 10.1. The molecule has 1 aliphatic rings. The van der Waals surface area contributed by atoms with Crippen LogP contribution in [0.4, 0.5) is 11.4 Å². The Morgan fingerprint density at radius 3 is 2.58 bits per heavy atom. The molecular weight excluding hydrogens is 418 g/mol. The van der Waals surface area contributed by atoms with E-state index in [1.807, 2.05) is 32.0 Å². The minimum absolute atomic E-state index is 0.0157. The third-order valence-corrected chi connectivity index (χ3v) is 6.31. The maximum Gasteiger partial charge on any atom is 0.262 e. The zero-order valence-corrected chi connectivity index (χ0v) is 17.8. The number of amides is 1. The Hall–Kier alpha value is -3.59. The highest BCUT2D eigenvalue weighted by Gasteiger charge is 2.20. The number of nitrogens with zero attached hydrogens (tertiary/aromatic N) is 1. The molecule has 1 aromatic heterocycles. The van der Waals surface area contributed by atoms with E-state index in [4.69, 9.17) is 9.47 Å². The summed E-state index contributed by atoms with van der Waals surface area (Å²) in [5.41, 5.74) is 3.09. The lowest BCUT2D eigenvalue weighted by molar-refractivity contribution is 0.102. The molecule has 0 unspecified atom stereocenters. The first-order chi connectivity index (χ1) is 14.8. The molecule has 0 aliphatic carbocycles. The molecule has 31 heavy (non-hydrogen) atoms. The molecule has 2 heterocycles. The number of ether oxygens (including phenoxy) is 2. The van der Waals surface area contributed by atoms with E-state index >= 15 is 0 Å². The molecule has 4 rings (SSSR count). The molecule has 160 valence electrons. The molecule has 3 aromatic rings. The Balaban J connectivity index is 1.54. The van der Waals surface area contributed by atoms with Crippen LogP contribution in [0.5, 0.6) is 11.5 Å². The van der Waals surface area contributed by atoms with Crippen LogP contribution in [0, 0.1) is 13.8 Å². The van der Waals surface area contributed by atoms with Crippen molar-refractivity contribution in [2.45, 2.75) is 18.7 Å². The molecule has 1 aliphatic heterocycles. The van der Waals surface area contributed by atoms with Crippen molar-refractivity contribution in [1.82, 2.24) is 4.98 Å². The highest BCUT2D eigenvalue weighted by Crippen LogP contribution is 2.32. The number of pyridine rings is 1. The predicted octanol–water partition coefficient (Wildman–Crippen LogP) is 3.52.